The molecule has 2 amide bonds. The molecule has 0 spiro atoms. The summed E-state index contributed by atoms with van der Waals surface area (Å²) in [6, 6.07) is 1.77. The van der Waals surface area contributed by atoms with Crippen LogP contribution in [-0.4, -0.2) is 42.1 Å². The van der Waals surface area contributed by atoms with E-state index in [4.69, 9.17) is 0 Å². The van der Waals surface area contributed by atoms with Gasteiger partial charge in [-0.25, -0.2) is 4.79 Å². The molecule has 2 aliphatic carbocycles. The fourth-order valence-corrected chi connectivity index (χ4v) is 3.36. The zero-order chi connectivity index (χ0) is 13.2. The van der Waals surface area contributed by atoms with Crippen LogP contribution in [0, 0.1) is 5.92 Å². The second-order valence-electron chi connectivity index (χ2n) is 6.55. The highest BCUT2D eigenvalue weighted by Crippen LogP contribution is 2.34. The SMILES string of the molecule is CCC[C@H]1C[C@@H]1NC(=O)NC1CCN(C2CC2)CC1. The second-order valence-corrected chi connectivity index (χ2v) is 6.55. The average molecular weight is 265 g/mol. The normalized spacial score (nSPS) is 32.1. The molecule has 4 nitrogen and oxygen atoms in total. The molecule has 0 radical (unpaired) electrons. The van der Waals surface area contributed by atoms with Crippen molar-refractivity contribution in [2.75, 3.05) is 13.1 Å². The molecule has 0 aromatic heterocycles. The number of nitrogens with zero attached hydrogens (tertiary/aromatic N) is 1. The van der Waals surface area contributed by atoms with Crippen LogP contribution in [0.3, 0.4) is 0 Å². The molecule has 1 heterocycles. The van der Waals surface area contributed by atoms with E-state index in [1.165, 1.54) is 32.1 Å². The average Bonchev–Trinajstić information content (AvgIpc) is 3.27. The van der Waals surface area contributed by atoms with Gasteiger partial charge in [0.2, 0.25) is 0 Å². The van der Waals surface area contributed by atoms with Crippen LogP contribution in [0.4, 0.5) is 4.79 Å². The van der Waals surface area contributed by atoms with Gasteiger partial charge in [-0.1, -0.05) is 13.3 Å². The zero-order valence-electron chi connectivity index (χ0n) is 12.0. The molecule has 2 saturated carbocycles. The number of hydrogen-bond acceptors (Lipinski definition) is 2. The largest absolute Gasteiger partial charge is 0.335 e. The van der Waals surface area contributed by atoms with E-state index in [0.717, 1.165) is 37.9 Å². The Labute approximate surface area is 116 Å². The smallest absolute Gasteiger partial charge is 0.315 e. The van der Waals surface area contributed by atoms with Crippen LogP contribution in [0.25, 0.3) is 0 Å². The number of amides is 2. The van der Waals surface area contributed by atoms with Crippen molar-refractivity contribution in [2.45, 2.75) is 70.0 Å². The Morgan fingerprint density at radius 2 is 1.89 bits per heavy atom. The van der Waals surface area contributed by atoms with Crippen molar-refractivity contribution >= 4 is 6.03 Å². The topological polar surface area (TPSA) is 44.4 Å². The van der Waals surface area contributed by atoms with Gasteiger partial charge in [0.25, 0.3) is 0 Å². The second kappa shape index (κ2) is 5.70. The Hall–Kier alpha value is -0.770. The van der Waals surface area contributed by atoms with Crippen LogP contribution in [0.15, 0.2) is 0 Å². The summed E-state index contributed by atoms with van der Waals surface area (Å²) in [6.45, 7) is 4.54. The first kappa shape index (κ1) is 13.2. The minimum atomic E-state index is 0.0634. The van der Waals surface area contributed by atoms with Crippen molar-refractivity contribution < 1.29 is 4.79 Å². The maximum atomic E-state index is 11.9. The van der Waals surface area contributed by atoms with Crippen molar-refractivity contribution in [1.82, 2.24) is 15.5 Å². The Kier molecular flexibility index (Phi) is 3.96. The molecule has 0 unspecified atom stereocenters. The first-order valence-electron chi connectivity index (χ1n) is 8.07. The number of carbonyl (C=O) groups excluding carboxylic acids is 1. The van der Waals surface area contributed by atoms with Crippen LogP contribution in [0.2, 0.25) is 0 Å². The quantitative estimate of drug-likeness (QED) is 0.799. The number of likely N-dealkylation sites (tertiary alicyclic amines) is 1. The van der Waals surface area contributed by atoms with Crippen LogP contribution in [0.5, 0.6) is 0 Å². The molecule has 19 heavy (non-hydrogen) atoms. The van der Waals surface area contributed by atoms with Gasteiger partial charge >= 0.3 is 6.03 Å². The third kappa shape index (κ3) is 3.62. The maximum absolute atomic E-state index is 11.9. The molecule has 2 N–H and O–H groups in total. The van der Waals surface area contributed by atoms with Crippen molar-refractivity contribution in [3.63, 3.8) is 0 Å². The van der Waals surface area contributed by atoms with Crippen molar-refractivity contribution in [1.29, 1.82) is 0 Å². The van der Waals surface area contributed by atoms with Gasteiger partial charge in [-0.2, -0.15) is 0 Å². The summed E-state index contributed by atoms with van der Waals surface area (Å²) < 4.78 is 0. The van der Waals surface area contributed by atoms with Gasteiger partial charge in [-0.05, 0) is 44.4 Å². The van der Waals surface area contributed by atoms with E-state index in [1.54, 1.807) is 0 Å². The summed E-state index contributed by atoms with van der Waals surface area (Å²) in [5.41, 5.74) is 0. The Balaban J connectivity index is 1.32. The van der Waals surface area contributed by atoms with E-state index in [2.05, 4.69) is 22.5 Å². The highest BCUT2D eigenvalue weighted by Gasteiger charge is 2.37. The first-order chi connectivity index (χ1) is 9.26. The lowest BCUT2D eigenvalue weighted by Gasteiger charge is -2.32. The highest BCUT2D eigenvalue weighted by atomic mass is 16.2. The summed E-state index contributed by atoms with van der Waals surface area (Å²) in [5.74, 6) is 0.743. The number of nitrogens with one attached hydrogen (secondary N) is 2. The van der Waals surface area contributed by atoms with E-state index in [9.17, 15) is 4.79 Å². The van der Waals surface area contributed by atoms with Crippen LogP contribution in [0.1, 0.15) is 51.9 Å². The molecule has 0 aromatic rings. The van der Waals surface area contributed by atoms with Crippen molar-refractivity contribution in [2.24, 2.45) is 5.92 Å². The first-order valence-corrected chi connectivity index (χ1v) is 8.07. The summed E-state index contributed by atoms with van der Waals surface area (Å²) in [7, 11) is 0. The van der Waals surface area contributed by atoms with Crippen LogP contribution >= 0.6 is 0 Å². The molecule has 3 aliphatic rings. The zero-order valence-corrected chi connectivity index (χ0v) is 12.0. The molecule has 0 bridgehead atoms. The summed E-state index contributed by atoms with van der Waals surface area (Å²) in [4.78, 5) is 14.5. The Morgan fingerprint density at radius 1 is 1.16 bits per heavy atom. The maximum Gasteiger partial charge on any atom is 0.315 e. The molecular weight excluding hydrogens is 238 g/mol. The predicted octanol–water partition coefficient (Wildman–Crippen LogP) is 2.10. The van der Waals surface area contributed by atoms with Gasteiger partial charge in [0, 0.05) is 31.2 Å². The molecule has 2 atom stereocenters. The third-order valence-corrected chi connectivity index (χ3v) is 4.83. The van der Waals surface area contributed by atoms with Crippen molar-refractivity contribution in [3.05, 3.63) is 0 Å². The predicted molar refractivity (Wildman–Crippen MR) is 76.1 cm³/mol. The lowest BCUT2D eigenvalue weighted by atomic mass is 10.1. The van der Waals surface area contributed by atoms with E-state index < -0.39 is 0 Å². The molecular formula is C15H27N3O. The molecule has 0 aromatic carbocycles. The van der Waals surface area contributed by atoms with Gasteiger partial charge in [-0.3, -0.25) is 0 Å². The fraction of sp³-hybridized carbons (Fsp3) is 0.933. The Morgan fingerprint density at radius 3 is 2.53 bits per heavy atom. The number of urea groups is 1. The number of carbonyl (C=O) groups is 1. The molecule has 1 aliphatic heterocycles. The van der Waals surface area contributed by atoms with E-state index in [0.29, 0.717) is 12.1 Å². The van der Waals surface area contributed by atoms with Gasteiger partial charge in [0.05, 0.1) is 0 Å². The van der Waals surface area contributed by atoms with Gasteiger partial charge < -0.3 is 15.5 Å². The summed E-state index contributed by atoms with van der Waals surface area (Å²) in [5, 5.41) is 6.27. The molecule has 3 rings (SSSR count). The summed E-state index contributed by atoms with van der Waals surface area (Å²) >= 11 is 0. The van der Waals surface area contributed by atoms with Gasteiger partial charge in [0.15, 0.2) is 0 Å². The Bertz CT molecular complexity index is 321. The minimum absolute atomic E-state index is 0.0634. The minimum Gasteiger partial charge on any atom is -0.335 e. The monoisotopic (exact) mass is 265 g/mol. The van der Waals surface area contributed by atoms with Crippen LogP contribution < -0.4 is 10.6 Å². The highest BCUT2D eigenvalue weighted by molar-refractivity contribution is 5.75. The van der Waals surface area contributed by atoms with Crippen molar-refractivity contribution in [3.8, 4) is 0 Å². The fourth-order valence-electron chi connectivity index (χ4n) is 3.36. The molecule has 3 fully saturated rings. The van der Waals surface area contributed by atoms with Gasteiger partial charge in [0.1, 0.15) is 0 Å². The molecule has 4 heteroatoms. The standard InChI is InChI=1S/C15H27N3O/c1-2-3-11-10-14(11)17-15(19)16-12-6-8-18(9-7-12)13-4-5-13/h11-14H,2-10H2,1H3,(H2,16,17,19)/t11-,14-/m0/s1. The number of rotatable bonds is 5. The lowest BCUT2D eigenvalue weighted by Crippen LogP contribution is -2.48. The van der Waals surface area contributed by atoms with E-state index in [1.807, 2.05) is 0 Å². The third-order valence-electron chi connectivity index (χ3n) is 4.83. The van der Waals surface area contributed by atoms with E-state index in [-0.39, 0.29) is 6.03 Å². The van der Waals surface area contributed by atoms with Gasteiger partial charge in [-0.15, -0.1) is 0 Å². The molecule has 1 saturated heterocycles. The van der Waals surface area contributed by atoms with E-state index >= 15 is 0 Å². The lowest BCUT2D eigenvalue weighted by molar-refractivity contribution is 0.185. The number of hydrogen-bond donors (Lipinski definition) is 2. The molecule has 108 valence electrons. The van der Waals surface area contributed by atoms with Crippen LogP contribution in [-0.2, 0) is 0 Å². The number of piperidine rings is 1. The summed E-state index contributed by atoms with van der Waals surface area (Å²) in [6.07, 6.45) is 8.67.